The number of amides is 2. The summed E-state index contributed by atoms with van der Waals surface area (Å²) in [6, 6.07) is -1.56. The van der Waals surface area contributed by atoms with Gasteiger partial charge in [-0.05, 0) is 5.92 Å². The molecule has 0 saturated carbocycles. The first-order valence-electron chi connectivity index (χ1n) is 5.97. The first kappa shape index (κ1) is 16.7. The summed E-state index contributed by atoms with van der Waals surface area (Å²) < 4.78 is 0. The van der Waals surface area contributed by atoms with E-state index in [9.17, 15) is 9.59 Å². The van der Waals surface area contributed by atoms with Gasteiger partial charge in [-0.2, -0.15) is 0 Å². The SMILES string of the molecule is CC[C@H](C)[C@H](NC(=O)N(CCO)CCO)C(=O)O. The second-order valence-electron chi connectivity index (χ2n) is 4.09. The summed E-state index contributed by atoms with van der Waals surface area (Å²) >= 11 is 0. The lowest BCUT2D eigenvalue weighted by Crippen LogP contribution is -2.51. The van der Waals surface area contributed by atoms with Gasteiger partial charge in [0, 0.05) is 13.1 Å². The van der Waals surface area contributed by atoms with Crippen LogP contribution in [-0.4, -0.2) is 64.6 Å². The third kappa shape index (κ3) is 5.33. The predicted molar refractivity (Wildman–Crippen MR) is 65.2 cm³/mol. The topological polar surface area (TPSA) is 110 Å². The Bertz CT molecular complexity index is 266. The number of aliphatic hydroxyl groups excluding tert-OH is 2. The molecule has 2 atom stereocenters. The van der Waals surface area contributed by atoms with Crippen molar-refractivity contribution in [3.8, 4) is 0 Å². The number of aliphatic carboxylic acids is 1. The molecule has 18 heavy (non-hydrogen) atoms. The Balaban J connectivity index is 4.59. The van der Waals surface area contributed by atoms with Crippen LogP contribution in [0, 0.1) is 5.92 Å². The highest BCUT2D eigenvalue weighted by Gasteiger charge is 2.27. The molecule has 0 aliphatic rings. The van der Waals surface area contributed by atoms with Gasteiger partial charge < -0.3 is 25.5 Å². The zero-order valence-electron chi connectivity index (χ0n) is 10.8. The molecule has 7 nitrogen and oxygen atoms in total. The standard InChI is InChI=1S/C11H22N2O5/c1-3-8(2)9(10(16)17)12-11(18)13(4-6-14)5-7-15/h8-9,14-15H,3-7H2,1-2H3,(H,12,18)(H,16,17)/t8-,9-/m0/s1. The quantitative estimate of drug-likeness (QED) is 0.470. The lowest BCUT2D eigenvalue weighted by atomic mass is 9.99. The molecule has 0 radical (unpaired) electrons. The lowest BCUT2D eigenvalue weighted by Gasteiger charge is -2.26. The largest absolute Gasteiger partial charge is 0.480 e. The monoisotopic (exact) mass is 262 g/mol. The maximum absolute atomic E-state index is 11.8. The molecule has 0 aliphatic carbocycles. The van der Waals surface area contributed by atoms with E-state index in [4.69, 9.17) is 15.3 Å². The number of nitrogens with one attached hydrogen (secondary N) is 1. The van der Waals surface area contributed by atoms with Crippen molar-refractivity contribution >= 4 is 12.0 Å². The van der Waals surface area contributed by atoms with E-state index in [1.165, 1.54) is 4.90 Å². The third-order valence-corrected chi connectivity index (χ3v) is 2.79. The fourth-order valence-corrected chi connectivity index (χ4v) is 1.46. The van der Waals surface area contributed by atoms with Crippen molar-refractivity contribution in [1.29, 1.82) is 0 Å². The number of urea groups is 1. The zero-order valence-corrected chi connectivity index (χ0v) is 10.8. The number of carbonyl (C=O) groups excluding carboxylic acids is 1. The van der Waals surface area contributed by atoms with Crippen molar-refractivity contribution in [3.05, 3.63) is 0 Å². The van der Waals surface area contributed by atoms with E-state index >= 15 is 0 Å². The van der Waals surface area contributed by atoms with Gasteiger partial charge in [0.05, 0.1) is 13.2 Å². The Kier molecular flexibility index (Phi) is 8.06. The molecule has 106 valence electrons. The highest BCUT2D eigenvalue weighted by molar-refractivity contribution is 5.82. The average Bonchev–Trinajstić information content (AvgIpc) is 2.34. The van der Waals surface area contributed by atoms with Gasteiger partial charge in [0.25, 0.3) is 0 Å². The first-order chi connectivity index (χ1) is 8.47. The molecule has 0 aliphatic heterocycles. The van der Waals surface area contributed by atoms with Crippen LogP contribution >= 0.6 is 0 Å². The van der Waals surface area contributed by atoms with Crippen molar-refractivity contribution in [2.45, 2.75) is 26.3 Å². The molecule has 0 spiro atoms. The summed E-state index contributed by atoms with van der Waals surface area (Å²) in [5, 5.41) is 29.0. The normalized spacial score (nSPS) is 13.8. The molecule has 0 aromatic carbocycles. The number of carboxylic acid groups (broad SMARTS) is 1. The molecule has 7 heteroatoms. The summed E-state index contributed by atoms with van der Waals surface area (Å²) in [6.45, 7) is 3.20. The van der Waals surface area contributed by atoms with Gasteiger partial charge in [0.2, 0.25) is 0 Å². The van der Waals surface area contributed by atoms with Crippen LogP contribution in [0.4, 0.5) is 4.79 Å². The zero-order chi connectivity index (χ0) is 14.1. The van der Waals surface area contributed by atoms with E-state index in [0.29, 0.717) is 6.42 Å². The average molecular weight is 262 g/mol. The number of carbonyl (C=O) groups is 2. The molecule has 0 bridgehead atoms. The minimum atomic E-state index is -1.09. The fraction of sp³-hybridized carbons (Fsp3) is 0.818. The molecule has 0 fully saturated rings. The van der Waals surface area contributed by atoms with Gasteiger partial charge in [-0.3, -0.25) is 0 Å². The number of hydrogen-bond donors (Lipinski definition) is 4. The van der Waals surface area contributed by atoms with Gasteiger partial charge in [0.15, 0.2) is 0 Å². The summed E-state index contributed by atoms with van der Waals surface area (Å²) in [6.07, 6.45) is 0.622. The van der Waals surface area contributed by atoms with Gasteiger partial charge in [-0.25, -0.2) is 9.59 Å². The Morgan fingerprint density at radius 1 is 1.22 bits per heavy atom. The Morgan fingerprint density at radius 3 is 2.06 bits per heavy atom. The number of carboxylic acids is 1. The molecule has 0 heterocycles. The molecular formula is C11H22N2O5. The highest BCUT2D eigenvalue weighted by atomic mass is 16.4. The van der Waals surface area contributed by atoms with Crippen LogP contribution in [-0.2, 0) is 4.79 Å². The Morgan fingerprint density at radius 2 is 1.72 bits per heavy atom. The number of nitrogens with zero attached hydrogens (tertiary/aromatic N) is 1. The number of aliphatic hydroxyl groups is 2. The predicted octanol–water partition coefficient (Wildman–Crippen LogP) is -0.518. The van der Waals surface area contributed by atoms with E-state index in [1.807, 2.05) is 6.92 Å². The van der Waals surface area contributed by atoms with Crippen molar-refractivity contribution in [2.75, 3.05) is 26.3 Å². The number of rotatable bonds is 8. The van der Waals surface area contributed by atoms with E-state index < -0.39 is 18.0 Å². The maximum Gasteiger partial charge on any atom is 0.326 e. The van der Waals surface area contributed by atoms with Gasteiger partial charge in [-0.1, -0.05) is 20.3 Å². The molecule has 0 aromatic rings. The van der Waals surface area contributed by atoms with Crippen LogP contribution in [0.2, 0.25) is 0 Å². The van der Waals surface area contributed by atoms with Gasteiger partial charge in [0.1, 0.15) is 6.04 Å². The number of hydrogen-bond acceptors (Lipinski definition) is 4. The minimum absolute atomic E-state index is 0.0548. The third-order valence-electron chi connectivity index (χ3n) is 2.79. The molecular weight excluding hydrogens is 240 g/mol. The van der Waals surface area contributed by atoms with E-state index in [-0.39, 0.29) is 32.2 Å². The summed E-state index contributed by atoms with van der Waals surface area (Å²) in [7, 11) is 0. The molecule has 0 aromatic heterocycles. The molecule has 4 N–H and O–H groups in total. The summed E-state index contributed by atoms with van der Waals surface area (Å²) in [4.78, 5) is 24.0. The van der Waals surface area contributed by atoms with Gasteiger partial charge in [-0.15, -0.1) is 0 Å². The van der Waals surface area contributed by atoms with E-state index in [2.05, 4.69) is 5.32 Å². The molecule has 0 saturated heterocycles. The van der Waals surface area contributed by atoms with Crippen LogP contribution in [0.1, 0.15) is 20.3 Å². The first-order valence-corrected chi connectivity index (χ1v) is 5.97. The van der Waals surface area contributed by atoms with Crippen LogP contribution in [0.25, 0.3) is 0 Å². The van der Waals surface area contributed by atoms with Crippen molar-refractivity contribution < 1.29 is 24.9 Å². The van der Waals surface area contributed by atoms with Crippen molar-refractivity contribution in [1.82, 2.24) is 10.2 Å². The fourth-order valence-electron chi connectivity index (χ4n) is 1.46. The van der Waals surface area contributed by atoms with Crippen LogP contribution < -0.4 is 5.32 Å². The maximum atomic E-state index is 11.8. The van der Waals surface area contributed by atoms with E-state index in [0.717, 1.165) is 0 Å². The second kappa shape index (κ2) is 8.71. The Labute approximate surface area is 106 Å². The van der Waals surface area contributed by atoms with Gasteiger partial charge >= 0.3 is 12.0 Å². The van der Waals surface area contributed by atoms with Crippen LogP contribution in [0.15, 0.2) is 0 Å². The van der Waals surface area contributed by atoms with Crippen molar-refractivity contribution in [2.24, 2.45) is 5.92 Å². The minimum Gasteiger partial charge on any atom is -0.480 e. The highest BCUT2D eigenvalue weighted by Crippen LogP contribution is 2.08. The van der Waals surface area contributed by atoms with Crippen molar-refractivity contribution in [3.63, 3.8) is 0 Å². The summed E-state index contributed by atoms with van der Waals surface area (Å²) in [5.74, 6) is -1.29. The van der Waals surface area contributed by atoms with Crippen LogP contribution in [0.3, 0.4) is 0 Å². The Hall–Kier alpha value is -1.34. The molecule has 2 amide bonds. The lowest BCUT2D eigenvalue weighted by molar-refractivity contribution is -0.140. The molecule has 0 unspecified atom stereocenters. The smallest absolute Gasteiger partial charge is 0.326 e. The van der Waals surface area contributed by atoms with Crippen LogP contribution in [0.5, 0.6) is 0 Å². The summed E-state index contributed by atoms with van der Waals surface area (Å²) in [5.41, 5.74) is 0. The second-order valence-corrected chi connectivity index (χ2v) is 4.09. The molecule has 0 rings (SSSR count). The van der Waals surface area contributed by atoms with E-state index in [1.54, 1.807) is 6.92 Å².